The minimum Gasteiger partial charge on any atom is -0.508 e. The van der Waals surface area contributed by atoms with E-state index in [1.54, 1.807) is 11.8 Å². The van der Waals surface area contributed by atoms with Gasteiger partial charge >= 0.3 is 5.97 Å². The molecule has 0 aromatic heterocycles. The Morgan fingerprint density at radius 2 is 2.26 bits per heavy atom. The third-order valence-electron chi connectivity index (χ3n) is 3.09. The highest BCUT2D eigenvalue weighted by atomic mass is 32.2. The first-order chi connectivity index (χ1) is 9.04. The summed E-state index contributed by atoms with van der Waals surface area (Å²) in [5.41, 5.74) is 0.666. The molecule has 0 radical (unpaired) electrons. The minimum atomic E-state index is -0.820. The van der Waals surface area contributed by atoms with Crippen molar-refractivity contribution in [3.8, 4) is 5.75 Å². The first-order valence-corrected chi connectivity index (χ1v) is 7.22. The summed E-state index contributed by atoms with van der Waals surface area (Å²) in [6.45, 7) is 1.24. The largest absolute Gasteiger partial charge is 0.508 e. The average molecular weight is 285 g/mol. The Bertz CT molecular complexity index is 449. The second kappa shape index (κ2) is 6.25. The topological polar surface area (TPSA) is 60.8 Å². The third kappa shape index (κ3) is 4.11. The number of benzene rings is 1. The molecule has 2 rings (SSSR count). The molecule has 0 saturated carbocycles. The van der Waals surface area contributed by atoms with Crippen molar-refractivity contribution in [3.05, 3.63) is 29.6 Å². The molecule has 1 aromatic carbocycles. The van der Waals surface area contributed by atoms with Crippen LogP contribution in [0.3, 0.4) is 0 Å². The van der Waals surface area contributed by atoms with Gasteiger partial charge in [0.1, 0.15) is 11.6 Å². The number of carboxylic acid groups (broad SMARTS) is 1. The van der Waals surface area contributed by atoms with Gasteiger partial charge in [0.15, 0.2) is 0 Å². The highest BCUT2D eigenvalue weighted by Crippen LogP contribution is 2.23. The summed E-state index contributed by atoms with van der Waals surface area (Å²) < 4.78 is 13.2. The molecule has 104 valence electrons. The molecule has 0 amide bonds. The molecule has 4 nitrogen and oxygen atoms in total. The maximum Gasteiger partial charge on any atom is 0.304 e. The van der Waals surface area contributed by atoms with Crippen LogP contribution in [0.2, 0.25) is 0 Å². The monoisotopic (exact) mass is 285 g/mol. The van der Waals surface area contributed by atoms with E-state index in [4.69, 9.17) is 5.11 Å². The van der Waals surface area contributed by atoms with Crippen LogP contribution in [0.25, 0.3) is 0 Å². The van der Waals surface area contributed by atoms with Crippen molar-refractivity contribution >= 4 is 17.7 Å². The number of aromatic hydroxyl groups is 1. The molecule has 1 atom stereocenters. The van der Waals surface area contributed by atoms with Crippen molar-refractivity contribution in [3.63, 3.8) is 0 Å². The Morgan fingerprint density at radius 1 is 1.47 bits per heavy atom. The van der Waals surface area contributed by atoms with Gasteiger partial charge < -0.3 is 10.2 Å². The predicted molar refractivity (Wildman–Crippen MR) is 71.8 cm³/mol. The quantitative estimate of drug-likeness (QED) is 0.885. The van der Waals surface area contributed by atoms with Gasteiger partial charge in [-0.2, -0.15) is 11.8 Å². The van der Waals surface area contributed by atoms with Gasteiger partial charge in [-0.05, 0) is 17.7 Å². The van der Waals surface area contributed by atoms with E-state index in [0.29, 0.717) is 12.1 Å². The highest BCUT2D eigenvalue weighted by Gasteiger charge is 2.25. The number of nitrogens with zero attached hydrogens (tertiary/aromatic N) is 1. The molecule has 19 heavy (non-hydrogen) atoms. The minimum absolute atomic E-state index is 0.0401. The van der Waals surface area contributed by atoms with Crippen LogP contribution in [-0.2, 0) is 11.3 Å². The smallest absolute Gasteiger partial charge is 0.304 e. The number of hydrogen-bond acceptors (Lipinski definition) is 4. The first kappa shape index (κ1) is 14.1. The van der Waals surface area contributed by atoms with E-state index in [1.165, 1.54) is 12.1 Å². The number of phenols is 1. The Balaban J connectivity index is 2.08. The van der Waals surface area contributed by atoms with Crippen molar-refractivity contribution in [2.45, 2.75) is 19.0 Å². The zero-order valence-corrected chi connectivity index (χ0v) is 11.2. The number of rotatable bonds is 4. The molecular weight excluding hydrogens is 269 g/mol. The lowest BCUT2D eigenvalue weighted by Gasteiger charge is -2.34. The van der Waals surface area contributed by atoms with E-state index in [2.05, 4.69) is 0 Å². The molecule has 1 unspecified atom stereocenters. The maximum absolute atomic E-state index is 13.2. The van der Waals surface area contributed by atoms with Gasteiger partial charge in [-0.1, -0.05) is 0 Å². The van der Waals surface area contributed by atoms with E-state index in [-0.39, 0.29) is 18.2 Å². The van der Waals surface area contributed by atoms with Crippen LogP contribution in [-0.4, -0.2) is 45.2 Å². The van der Waals surface area contributed by atoms with Crippen molar-refractivity contribution < 1.29 is 19.4 Å². The summed E-state index contributed by atoms with van der Waals surface area (Å²) in [5, 5.41) is 18.3. The number of halogens is 1. The van der Waals surface area contributed by atoms with E-state index >= 15 is 0 Å². The van der Waals surface area contributed by atoms with Crippen molar-refractivity contribution in [2.24, 2.45) is 0 Å². The lowest BCUT2D eigenvalue weighted by atomic mass is 10.1. The number of carboxylic acids is 1. The van der Waals surface area contributed by atoms with Crippen LogP contribution in [0.15, 0.2) is 18.2 Å². The summed E-state index contributed by atoms with van der Waals surface area (Å²) in [7, 11) is 0. The summed E-state index contributed by atoms with van der Waals surface area (Å²) >= 11 is 1.74. The molecule has 1 aliphatic heterocycles. The van der Waals surface area contributed by atoms with Crippen LogP contribution in [0.5, 0.6) is 5.75 Å². The van der Waals surface area contributed by atoms with Crippen LogP contribution < -0.4 is 0 Å². The number of aliphatic carboxylic acids is 1. The molecule has 1 saturated heterocycles. The Morgan fingerprint density at radius 3 is 2.95 bits per heavy atom. The van der Waals surface area contributed by atoms with E-state index < -0.39 is 11.8 Å². The molecular formula is C13H16FNO3S. The van der Waals surface area contributed by atoms with Crippen molar-refractivity contribution in [2.75, 3.05) is 18.1 Å². The molecule has 0 spiro atoms. The molecule has 6 heteroatoms. The van der Waals surface area contributed by atoms with Gasteiger partial charge in [-0.3, -0.25) is 9.69 Å². The van der Waals surface area contributed by atoms with Gasteiger partial charge in [0, 0.05) is 36.7 Å². The lowest BCUT2D eigenvalue weighted by Crippen LogP contribution is -2.42. The number of hydrogen-bond donors (Lipinski definition) is 2. The van der Waals surface area contributed by atoms with Crippen LogP contribution in [0, 0.1) is 5.82 Å². The summed E-state index contributed by atoms with van der Waals surface area (Å²) in [5.74, 6) is 0.317. The molecule has 0 bridgehead atoms. The van der Waals surface area contributed by atoms with Crippen LogP contribution in [0.1, 0.15) is 12.0 Å². The Kier molecular flexibility index (Phi) is 4.66. The second-order valence-electron chi connectivity index (χ2n) is 4.61. The standard InChI is InChI=1S/C13H16FNO3S/c14-10-3-9(4-12(16)5-10)7-15-1-2-19-8-11(15)6-13(17)18/h3-5,11,16H,1-2,6-8H2,(H,17,18). The highest BCUT2D eigenvalue weighted by molar-refractivity contribution is 7.99. The average Bonchev–Trinajstić information content (AvgIpc) is 2.29. The molecule has 1 heterocycles. The molecule has 1 aromatic rings. The maximum atomic E-state index is 13.2. The van der Waals surface area contributed by atoms with Gasteiger partial charge in [0.05, 0.1) is 6.42 Å². The Hall–Kier alpha value is -1.27. The zero-order chi connectivity index (χ0) is 13.8. The van der Waals surface area contributed by atoms with Gasteiger partial charge in [-0.25, -0.2) is 4.39 Å². The fraction of sp³-hybridized carbons (Fsp3) is 0.462. The fourth-order valence-corrected chi connectivity index (χ4v) is 3.38. The van der Waals surface area contributed by atoms with Crippen molar-refractivity contribution in [1.82, 2.24) is 4.90 Å². The Labute approximate surface area is 115 Å². The number of phenolic OH excluding ortho intramolecular Hbond substituents is 1. The zero-order valence-electron chi connectivity index (χ0n) is 10.4. The second-order valence-corrected chi connectivity index (χ2v) is 5.76. The van der Waals surface area contributed by atoms with Gasteiger partial charge in [0.25, 0.3) is 0 Å². The number of carbonyl (C=O) groups is 1. The van der Waals surface area contributed by atoms with Crippen molar-refractivity contribution in [1.29, 1.82) is 0 Å². The molecule has 1 aliphatic rings. The van der Waals surface area contributed by atoms with Crippen LogP contribution >= 0.6 is 11.8 Å². The predicted octanol–water partition coefficient (Wildman–Crippen LogP) is 1.92. The molecule has 2 N–H and O–H groups in total. The molecule has 1 fully saturated rings. The summed E-state index contributed by atoms with van der Waals surface area (Å²) in [4.78, 5) is 12.9. The fourth-order valence-electron chi connectivity index (χ4n) is 2.25. The SMILES string of the molecule is O=C(O)CC1CSCCN1Cc1cc(O)cc(F)c1. The molecule has 0 aliphatic carbocycles. The summed E-state index contributed by atoms with van der Waals surface area (Å²) in [6, 6.07) is 3.91. The van der Waals surface area contributed by atoms with Gasteiger partial charge in [0.2, 0.25) is 0 Å². The normalized spacial score (nSPS) is 20.4. The summed E-state index contributed by atoms with van der Waals surface area (Å²) in [6.07, 6.45) is 0.0916. The van der Waals surface area contributed by atoms with Gasteiger partial charge in [-0.15, -0.1) is 0 Å². The van der Waals surface area contributed by atoms with E-state index in [0.717, 1.165) is 24.1 Å². The lowest BCUT2D eigenvalue weighted by molar-refractivity contribution is -0.138. The van der Waals surface area contributed by atoms with E-state index in [1.807, 2.05) is 4.90 Å². The number of thioether (sulfide) groups is 1. The van der Waals surface area contributed by atoms with E-state index in [9.17, 15) is 14.3 Å². The third-order valence-corrected chi connectivity index (χ3v) is 4.18. The van der Waals surface area contributed by atoms with Crippen LogP contribution in [0.4, 0.5) is 4.39 Å². The first-order valence-electron chi connectivity index (χ1n) is 6.06.